The van der Waals surface area contributed by atoms with E-state index in [1.54, 1.807) is 0 Å². The monoisotopic (exact) mass is 411 g/mol. The van der Waals surface area contributed by atoms with Crippen LogP contribution in [0.4, 0.5) is 0 Å². The van der Waals surface area contributed by atoms with Gasteiger partial charge in [-0.2, -0.15) is 0 Å². The fourth-order valence-corrected chi connectivity index (χ4v) is 4.29. The van der Waals surface area contributed by atoms with Gasteiger partial charge in [-0.3, -0.25) is 4.99 Å². The molecule has 2 aliphatic rings. The fraction of sp³-hybridized carbons (Fsp3) is 0.565. The molecule has 0 aliphatic carbocycles. The molecule has 1 aromatic heterocycles. The van der Waals surface area contributed by atoms with Crippen molar-refractivity contribution in [1.29, 1.82) is 0 Å². The third-order valence-corrected chi connectivity index (χ3v) is 6.35. The molecule has 3 heterocycles. The second-order valence-corrected chi connectivity index (χ2v) is 8.93. The average Bonchev–Trinajstić information content (AvgIpc) is 3.29. The second-order valence-electron chi connectivity index (χ2n) is 8.93. The zero-order chi connectivity index (χ0) is 21.1. The lowest BCUT2D eigenvalue weighted by molar-refractivity contribution is 0.171. The summed E-state index contributed by atoms with van der Waals surface area (Å²) in [6.45, 7) is 10.7. The van der Waals surface area contributed by atoms with Gasteiger partial charge in [0.15, 0.2) is 17.5 Å². The molecule has 2 aromatic rings. The van der Waals surface area contributed by atoms with Crippen molar-refractivity contribution < 1.29 is 9.47 Å². The zero-order valence-corrected chi connectivity index (χ0v) is 18.5. The quantitative estimate of drug-likeness (QED) is 0.619. The molecule has 162 valence electrons. The van der Waals surface area contributed by atoms with Crippen LogP contribution in [0.3, 0.4) is 0 Å². The van der Waals surface area contributed by atoms with Crippen LogP contribution in [0.5, 0.6) is 11.5 Å². The maximum atomic E-state index is 5.77. The number of hydrogen-bond acceptors (Lipinski definition) is 4. The van der Waals surface area contributed by atoms with Gasteiger partial charge in [-0.15, -0.1) is 0 Å². The van der Waals surface area contributed by atoms with Gasteiger partial charge < -0.3 is 24.3 Å². The summed E-state index contributed by atoms with van der Waals surface area (Å²) in [5, 5.41) is 3.62. The first kappa shape index (κ1) is 20.6. The van der Waals surface area contributed by atoms with Crippen LogP contribution in [0.15, 0.2) is 41.9 Å². The van der Waals surface area contributed by atoms with Gasteiger partial charge in [-0.1, -0.05) is 26.8 Å². The Morgan fingerprint density at radius 1 is 1.27 bits per heavy atom. The number of fused-ring (bicyclic) bond motifs is 1. The van der Waals surface area contributed by atoms with E-state index in [0.29, 0.717) is 25.2 Å². The van der Waals surface area contributed by atoms with Crippen LogP contribution < -0.4 is 14.8 Å². The molecule has 4 rings (SSSR count). The molecule has 2 atom stereocenters. The summed E-state index contributed by atoms with van der Waals surface area (Å²) in [6, 6.07) is 6.67. The number of rotatable bonds is 4. The Labute approximate surface area is 179 Å². The predicted molar refractivity (Wildman–Crippen MR) is 118 cm³/mol. The topological polar surface area (TPSA) is 63.9 Å². The first-order valence-electron chi connectivity index (χ1n) is 10.8. The molecule has 7 nitrogen and oxygen atoms in total. The molecule has 1 N–H and O–H groups in total. The van der Waals surface area contributed by atoms with Crippen LogP contribution in [0.25, 0.3) is 0 Å². The van der Waals surface area contributed by atoms with Gasteiger partial charge in [0.05, 0.1) is 12.4 Å². The van der Waals surface area contributed by atoms with Gasteiger partial charge in [-0.25, -0.2) is 4.98 Å². The van der Waals surface area contributed by atoms with Gasteiger partial charge in [-0.05, 0) is 30.0 Å². The highest BCUT2D eigenvalue weighted by Crippen LogP contribution is 2.35. The van der Waals surface area contributed by atoms with Gasteiger partial charge in [0.2, 0.25) is 0 Å². The molecule has 2 unspecified atom stereocenters. The SMILES string of the molecule is CN=C(NCC(C)(C)c1ccc2c(c1)OCCO2)N1CCC(C)C(n2ccnc2)C1. The molecule has 1 fully saturated rings. The molecule has 7 heteroatoms. The van der Waals surface area contributed by atoms with E-state index >= 15 is 0 Å². The smallest absolute Gasteiger partial charge is 0.193 e. The number of nitrogens with zero attached hydrogens (tertiary/aromatic N) is 4. The Hall–Kier alpha value is -2.70. The number of nitrogens with one attached hydrogen (secondary N) is 1. The van der Waals surface area contributed by atoms with Crippen LogP contribution in [0.2, 0.25) is 0 Å². The van der Waals surface area contributed by atoms with Crippen LogP contribution in [-0.4, -0.2) is 60.3 Å². The van der Waals surface area contributed by atoms with Gasteiger partial charge in [0.25, 0.3) is 0 Å². The van der Waals surface area contributed by atoms with Gasteiger partial charge in [0, 0.05) is 44.5 Å². The normalized spacial score (nSPS) is 22.1. The fourth-order valence-electron chi connectivity index (χ4n) is 4.29. The number of aliphatic imine (C=N–C) groups is 1. The van der Waals surface area contributed by atoms with E-state index in [2.05, 4.69) is 63.9 Å². The number of likely N-dealkylation sites (tertiary alicyclic amines) is 1. The van der Waals surface area contributed by atoms with Crippen molar-refractivity contribution in [3.63, 3.8) is 0 Å². The molecule has 0 amide bonds. The first-order valence-corrected chi connectivity index (χ1v) is 10.8. The zero-order valence-electron chi connectivity index (χ0n) is 18.5. The minimum absolute atomic E-state index is 0.0847. The molecule has 30 heavy (non-hydrogen) atoms. The minimum atomic E-state index is -0.0847. The third-order valence-electron chi connectivity index (χ3n) is 6.35. The van der Waals surface area contributed by atoms with E-state index < -0.39 is 0 Å². The number of aromatic nitrogens is 2. The van der Waals surface area contributed by atoms with E-state index in [1.165, 1.54) is 5.56 Å². The van der Waals surface area contributed by atoms with Crippen LogP contribution in [-0.2, 0) is 5.41 Å². The third kappa shape index (κ3) is 4.25. The summed E-state index contributed by atoms with van der Waals surface area (Å²) >= 11 is 0. The van der Waals surface area contributed by atoms with Crippen molar-refractivity contribution in [3.05, 3.63) is 42.5 Å². The Kier molecular flexibility index (Phi) is 5.88. The number of benzene rings is 1. The number of hydrogen-bond donors (Lipinski definition) is 1. The number of ether oxygens (including phenoxy) is 2. The van der Waals surface area contributed by atoms with Crippen LogP contribution >= 0.6 is 0 Å². The van der Waals surface area contributed by atoms with Crippen molar-refractivity contribution in [3.8, 4) is 11.5 Å². The molecule has 0 saturated carbocycles. The highest BCUT2D eigenvalue weighted by Gasteiger charge is 2.30. The molecular formula is C23H33N5O2. The highest BCUT2D eigenvalue weighted by atomic mass is 16.6. The molecule has 1 aromatic carbocycles. The maximum Gasteiger partial charge on any atom is 0.193 e. The van der Waals surface area contributed by atoms with Gasteiger partial charge >= 0.3 is 0 Å². The second kappa shape index (κ2) is 8.58. The lowest BCUT2D eigenvalue weighted by Gasteiger charge is -2.40. The summed E-state index contributed by atoms with van der Waals surface area (Å²) in [4.78, 5) is 11.2. The lowest BCUT2D eigenvalue weighted by atomic mass is 9.84. The van der Waals surface area contributed by atoms with Gasteiger partial charge in [0.1, 0.15) is 13.2 Å². The Bertz CT molecular complexity index is 878. The van der Waals surface area contributed by atoms with E-state index in [-0.39, 0.29) is 5.41 Å². The first-order chi connectivity index (χ1) is 14.5. The van der Waals surface area contributed by atoms with E-state index in [4.69, 9.17) is 9.47 Å². The maximum absolute atomic E-state index is 5.77. The number of imidazole rings is 1. The Balaban J connectivity index is 1.42. The van der Waals surface area contributed by atoms with Crippen molar-refractivity contribution in [1.82, 2.24) is 19.8 Å². The molecule has 1 saturated heterocycles. The Morgan fingerprint density at radius 2 is 2.07 bits per heavy atom. The molecule has 0 radical (unpaired) electrons. The summed E-state index contributed by atoms with van der Waals surface area (Å²) < 4.78 is 13.7. The largest absolute Gasteiger partial charge is 0.486 e. The molecule has 0 spiro atoms. The van der Waals surface area contributed by atoms with Crippen molar-refractivity contribution in [2.24, 2.45) is 10.9 Å². The number of guanidine groups is 1. The molecule has 0 bridgehead atoms. The molecular weight excluding hydrogens is 378 g/mol. The van der Waals surface area contributed by atoms with Crippen LogP contribution in [0.1, 0.15) is 38.8 Å². The predicted octanol–water partition coefficient (Wildman–Crippen LogP) is 3.09. The average molecular weight is 412 g/mol. The van der Waals surface area contributed by atoms with E-state index in [9.17, 15) is 0 Å². The summed E-state index contributed by atoms with van der Waals surface area (Å²) in [5.74, 6) is 3.24. The summed E-state index contributed by atoms with van der Waals surface area (Å²) in [7, 11) is 1.86. The standard InChI is InChI=1S/C23H33N5O2/c1-17-7-9-27(14-19(17)28-10-8-25-16-28)22(24-4)26-15-23(2,3)18-5-6-20-21(13-18)30-12-11-29-20/h5-6,8,10,13,16-17,19H,7,9,11-12,14-15H2,1-4H3,(H,24,26). The van der Waals surface area contributed by atoms with E-state index in [0.717, 1.165) is 43.5 Å². The summed E-state index contributed by atoms with van der Waals surface area (Å²) in [5.41, 5.74) is 1.14. The minimum Gasteiger partial charge on any atom is -0.486 e. The van der Waals surface area contributed by atoms with Crippen molar-refractivity contribution >= 4 is 5.96 Å². The summed E-state index contributed by atoms with van der Waals surface area (Å²) in [6.07, 6.45) is 6.97. The van der Waals surface area contributed by atoms with Crippen LogP contribution in [0, 0.1) is 5.92 Å². The number of piperidine rings is 1. The van der Waals surface area contributed by atoms with Crippen molar-refractivity contribution in [2.75, 3.05) is 39.9 Å². The Morgan fingerprint density at radius 3 is 2.80 bits per heavy atom. The van der Waals surface area contributed by atoms with Crippen molar-refractivity contribution in [2.45, 2.75) is 38.6 Å². The highest BCUT2D eigenvalue weighted by molar-refractivity contribution is 5.80. The molecule has 2 aliphatic heterocycles. The van der Waals surface area contributed by atoms with E-state index in [1.807, 2.05) is 25.6 Å². The lowest BCUT2D eigenvalue weighted by Crippen LogP contribution is -2.51.